The van der Waals surface area contributed by atoms with Gasteiger partial charge in [-0.2, -0.15) is 0 Å². The van der Waals surface area contributed by atoms with Gasteiger partial charge in [-0.05, 0) is 30.0 Å². The first-order chi connectivity index (χ1) is 14.0. The Kier molecular flexibility index (Phi) is 6.98. The summed E-state index contributed by atoms with van der Waals surface area (Å²) in [4.78, 5) is 26.3. The zero-order valence-corrected chi connectivity index (χ0v) is 16.9. The van der Waals surface area contributed by atoms with Crippen LogP contribution in [0.2, 0.25) is 0 Å². The summed E-state index contributed by atoms with van der Waals surface area (Å²) in [5.41, 5.74) is 1.97. The van der Waals surface area contributed by atoms with Crippen LogP contribution in [0.25, 0.3) is 10.8 Å². The topological polar surface area (TPSA) is 61.4 Å². The van der Waals surface area contributed by atoms with Crippen LogP contribution in [0.1, 0.15) is 18.4 Å². The molecule has 0 saturated carbocycles. The van der Waals surface area contributed by atoms with Crippen molar-refractivity contribution in [2.24, 2.45) is 0 Å². The van der Waals surface area contributed by atoms with Gasteiger partial charge in [-0.15, -0.1) is 0 Å². The van der Waals surface area contributed by atoms with E-state index < -0.39 is 0 Å². The molecule has 1 atom stereocenters. The first kappa shape index (κ1) is 20.6. The Morgan fingerprint density at radius 2 is 1.52 bits per heavy atom. The van der Waals surface area contributed by atoms with E-state index in [-0.39, 0.29) is 30.8 Å². The van der Waals surface area contributed by atoms with Crippen molar-refractivity contribution in [2.75, 3.05) is 32.0 Å². The van der Waals surface area contributed by atoms with Gasteiger partial charge in [0, 0.05) is 17.6 Å². The van der Waals surface area contributed by atoms with Gasteiger partial charge in [0.1, 0.15) is 0 Å². The minimum Gasteiger partial charge on any atom is -0.354 e. The Balaban J connectivity index is 1.46. The number of fused-ring (bicyclic) bond motifs is 1. The predicted molar refractivity (Wildman–Crippen MR) is 118 cm³/mol. The maximum Gasteiger partial charge on any atom is 0.238 e. The van der Waals surface area contributed by atoms with Crippen LogP contribution >= 0.6 is 0 Å². The third-order valence-corrected chi connectivity index (χ3v) is 4.86. The summed E-state index contributed by atoms with van der Waals surface area (Å²) < 4.78 is 0. The maximum atomic E-state index is 12.4. The fourth-order valence-electron chi connectivity index (χ4n) is 3.29. The number of anilines is 1. The lowest BCUT2D eigenvalue weighted by Gasteiger charge is -2.18. The minimum atomic E-state index is -0.144. The van der Waals surface area contributed by atoms with Crippen LogP contribution in [0.3, 0.4) is 0 Å². The second kappa shape index (κ2) is 9.85. The van der Waals surface area contributed by atoms with Crippen molar-refractivity contribution in [1.82, 2.24) is 10.2 Å². The third-order valence-electron chi connectivity index (χ3n) is 4.86. The molecule has 0 heterocycles. The van der Waals surface area contributed by atoms with Crippen molar-refractivity contribution < 1.29 is 9.59 Å². The molecule has 1 unspecified atom stereocenters. The van der Waals surface area contributed by atoms with Gasteiger partial charge in [-0.1, -0.05) is 73.7 Å². The van der Waals surface area contributed by atoms with Crippen molar-refractivity contribution in [3.8, 4) is 0 Å². The largest absolute Gasteiger partial charge is 0.354 e. The van der Waals surface area contributed by atoms with Crippen molar-refractivity contribution >= 4 is 28.3 Å². The normalized spacial score (nSPS) is 12.0. The van der Waals surface area contributed by atoms with Crippen molar-refractivity contribution in [2.45, 2.75) is 12.8 Å². The number of carbonyl (C=O) groups is 2. The lowest BCUT2D eigenvalue weighted by atomic mass is 10.0. The minimum absolute atomic E-state index is 0.0896. The molecule has 0 spiro atoms. The fraction of sp³-hybridized carbons (Fsp3) is 0.250. The molecule has 0 bridgehead atoms. The summed E-state index contributed by atoms with van der Waals surface area (Å²) in [6, 6.07) is 23.8. The van der Waals surface area contributed by atoms with Crippen LogP contribution < -0.4 is 10.6 Å². The lowest BCUT2D eigenvalue weighted by molar-refractivity contribution is -0.123. The average Bonchev–Trinajstić information content (AvgIpc) is 2.72. The number of nitrogens with zero attached hydrogens (tertiary/aromatic N) is 1. The van der Waals surface area contributed by atoms with Gasteiger partial charge in [0.2, 0.25) is 11.8 Å². The molecule has 0 aliphatic heterocycles. The van der Waals surface area contributed by atoms with Crippen molar-refractivity contribution in [3.05, 3.63) is 78.4 Å². The van der Waals surface area contributed by atoms with Crippen LogP contribution in [0.5, 0.6) is 0 Å². The number of carbonyl (C=O) groups excluding carboxylic acids is 2. The number of amides is 2. The highest BCUT2D eigenvalue weighted by molar-refractivity contribution is 6.02. The number of hydrogen-bond donors (Lipinski definition) is 2. The van der Waals surface area contributed by atoms with Gasteiger partial charge in [-0.3, -0.25) is 14.5 Å². The quantitative estimate of drug-likeness (QED) is 0.618. The maximum absolute atomic E-state index is 12.4. The van der Waals surface area contributed by atoms with Gasteiger partial charge in [0.05, 0.1) is 13.1 Å². The van der Waals surface area contributed by atoms with Crippen molar-refractivity contribution in [3.63, 3.8) is 0 Å². The number of benzene rings is 3. The molecule has 3 aromatic carbocycles. The van der Waals surface area contributed by atoms with E-state index in [1.54, 1.807) is 11.9 Å². The van der Waals surface area contributed by atoms with Gasteiger partial charge >= 0.3 is 0 Å². The number of likely N-dealkylation sites (N-methyl/N-ethyl adjacent to an activating group) is 1. The van der Waals surface area contributed by atoms with E-state index in [0.29, 0.717) is 6.54 Å². The molecule has 5 heteroatoms. The molecule has 0 aliphatic rings. The smallest absolute Gasteiger partial charge is 0.238 e. The fourth-order valence-corrected chi connectivity index (χ4v) is 3.29. The molecule has 2 amide bonds. The molecule has 5 nitrogen and oxygen atoms in total. The summed E-state index contributed by atoms with van der Waals surface area (Å²) in [5, 5.41) is 7.97. The molecule has 0 fully saturated rings. The molecule has 3 rings (SSSR count). The van der Waals surface area contributed by atoms with E-state index >= 15 is 0 Å². The van der Waals surface area contributed by atoms with Crippen LogP contribution in [0.4, 0.5) is 5.69 Å². The van der Waals surface area contributed by atoms with Crippen LogP contribution in [0.15, 0.2) is 72.8 Å². The van der Waals surface area contributed by atoms with E-state index in [0.717, 1.165) is 16.5 Å². The van der Waals surface area contributed by atoms with Gasteiger partial charge in [0.25, 0.3) is 0 Å². The Hall–Kier alpha value is -3.18. The molecule has 150 valence electrons. The molecule has 2 N–H and O–H groups in total. The summed E-state index contributed by atoms with van der Waals surface area (Å²) in [6.07, 6.45) is 0. The predicted octanol–water partition coefficient (Wildman–Crippen LogP) is 3.63. The van der Waals surface area contributed by atoms with E-state index in [1.807, 2.05) is 60.7 Å². The Morgan fingerprint density at radius 3 is 2.31 bits per heavy atom. The highest BCUT2D eigenvalue weighted by Gasteiger charge is 2.13. The van der Waals surface area contributed by atoms with E-state index in [9.17, 15) is 9.59 Å². The van der Waals surface area contributed by atoms with Crippen LogP contribution in [-0.4, -0.2) is 43.4 Å². The molecule has 0 saturated heterocycles. The van der Waals surface area contributed by atoms with Crippen LogP contribution in [-0.2, 0) is 9.59 Å². The SMILES string of the molecule is CC(CNC(=O)CN(C)CC(=O)Nc1cccc2ccccc12)c1ccccc1. The number of rotatable bonds is 8. The van der Waals surface area contributed by atoms with Gasteiger partial charge in [0.15, 0.2) is 0 Å². The molecule has 29 heavy (non-hydrogen) atoms. The summed E-state index contributed by atoms with van der Waals surface area (Å²) in [6.45, 7) is 2.96. The summed E-state index contributed by atoms with van der Waals surface area (Å²) >= 11 is 0. The molecule has 0 radical (unpaired) electrons. The van der Waals surface area contributed by atoms with Gasteiger partial charge < -0.3 is 10.6 Å². The average molecular weight is 389 g/mol. The third kappa shape index (κ3) is 5.90. The summed E-state index contributed by atoms with van der Waals surface area (Å²) in [7, 11) is 1.77. The highest BCUT2D eigenvalue weighted by Crippen LogP contribution is 2.22. The molecular weight excluding hydrogens is 362 g/mol. The molecule has 0 aliphatic carbocycles. The summed E-state index contributed by atoms with van der Waals surface area (Å²) in [5.74, 6) is 0.00247. The Bertz CT molecular complexity index is 967. The number of hydrogen-bond acceptors (Lipinski definition) is 3. The zero-order valence-electron chi connectivity index (χ0n) is 16.9. The highest BCUT2D eigenvalue weighted by atomic mass is 16.2. The second-order valence-electron chi connectivity index (χ2n) is 7.36. The van der Waals surface area contributed by atoms with E-state index in [1.165, 1.54) is 5.56 Å². The molecule has 3 aromatic rings. The Labute approximate surface area is 171 Å². The van der Waals surface area contributed by atoms with Gasteiger partial charge in [-0.25, -0.2) is 0 Å². The standard InChI is InChI=1S/C24H27N3O2/c1-18(19-9-4-3-5-10-19)15-25-23(28)16-27(2)17-24(29)26-22-14-8-12-20-11-6-7-13-21(20)22/h3-14,18H,15-17H2,1-2H3,(H,25,28)(H,26,29). The monoisotopic (exact) mass is 389 g/mol. The lowest BCUT2D eigenvalue weighted by Crippen LogP contribution is -2.39. The number of nitrogens with one attached hydrogen (secondary N) is 2. The molecule has 0 aromatic heterocycles. The van der Waals surface area contributed by atoms with E-state index in [4.69, 9.17) is 0 Å². The Morgan fingerprint density at radius 1 is 0.862 bits per heavy atom. The zero-order chi connectivity index (χ0) is 20.6. The van der Waals surface area contributed by atoms with Crippen molar-refractivity contribution in [1.29, 1.82) is 0 Å². The second-order valence-corrected chi connectivity index (χ2v) is 7.36. The first-order valence-electron chi connectivity index (χ1n) is 9.80. The van der Waals surface area contributed by atoms with E-state index in [2.05, 4.69) is 29.7 Å². The van der Waals surface area contributed by atoms with Crippen LogP contribution in [0, 0.1) is 0 Å². The first-order valence-corrected chi connectivity index (χ1v) is 9.80. The molecular formula is C24H27N3O2.